The van der Waals surface area contributed by atoms with Gasteiger partial charge in [-0.1, -0.05) is 30.2 Å². The van der Waals surface area contributed by atoms with Gasteiger partial charge in [0.15, 0.2) is 0 Å². The van der Waals surface area contributed by atoms with Gasteiger partial charge in [-0.25, -0.2) is 4.39 Å². The summed E-state index contributed by atoms with van der Waals surface area (Å²) in [5.41, 5.74) is 1.63. The highest BCUT2D eigenvalue weighted by molar-refractivity contribution is 5.58. The first kappa shape index (κ1) is 13.0. The van der Waals surface area contributed by atoms with E-state index in [-0.39, 0.29) is 11.9 Å². The molecule has 0 saturated carbocycles. The molecule has 0 spiro atoms. The van der Waals surface area contributed by atoms with Crippen LogP contribution in [0.1, 0.15) is 11.6 Å². The van der Waals surface area contributed by atoms with Crippen LogP contribution < -0.4 is 10.1 Å². The summed E-state index contributed by atoms with van der Waals surface area (Å²) in [5, 5.41) is 3.20. The minimum Gasteiger partial charge on any atom is -0.495 e. The maximum absolute atomic E-state index is 12.9. The van der Waals surface area contributed by atoms with Crippen molar-refractivity contribution in [2.75, 3.05) is 12.4 Å². The average Bonchev–Trinajstić information content (AvgIpc) is 2.46. The van der Waals surface area contributed by atoms with Gasteiger partial charge in [-0.05, 0) is 29.8 Å². The second kappa shape index (κ2) is 5.92. The molecule has 3 heteroatoms. The average molecular weight is 255 g/mol. The van der Waals surface area contributed by atoms with E-state index >= 15 is 0 Å². The Labute approximate surface area is 112 Å². The number of hydrogen-bond donors (Lipinski definition) is 1. The SMILES string of the molecule is C#CC(Nc1ccccc1OC)c1ccc(F)cc1. The van der Waals surface area contributed by atoms with Gasteiger partial charge in [-0.2, -0.15) is 0 Å². The van der Waals surface area contributed by atoms with Gasteiger partial charge in [0, 0.05) is 0 Å². The summed E-state index contributed by atoms with van der Waals surface area (Å²) in [6.07, 6.45) is 5.54. The lowest BCUT2D eigenvalue weighted by atomic mass is 10.1. The van der Waals surface area contributed by atoms with Crippen LogP contribution in [0, 0.1) is 18.2 Å². The number of methoxy groups -OCH3 is 1. The van der Waals surface area contributed by atoms with Crippen molar-refractivity contribution in [2.24, 2.45) is 0 Å². The van der Waals surface area contributed by atoms with E-state index in [1.807, 2.05) is 24.3 Å². The molecule has 0 radical (unpaired) electrons. The zero-order chi connectivity index (χ0) is 13.7. The van der Waals surface area contributed by atoms with Crippen LogP contribution in [-0.2, 0) is 0 Å². The number of para-hydroxylation sites is 2. The van der Waals surface area contributed by atoms with Crippen molar-refractivity contribution >= 4 is 5.69 Å². The van der Waals surface area contributed by atoms with Crippen molar-refractivity contribution in [3.63, 3.8) is 0 Å². The highest BCUT2D eigenvalue weighted by Gasteiger charge is 2.10. The lowest BCUT2D eigenvalue weighted by molar-refractivity contribution is 0.416. The molecule has 0 amide bonds. The fraction of sp³-hybridized carbons (Fsp3) is 0.125. The van der Waals surface area contributed by atoms with Gasteiger partial charge < -0.3 is 10.1 Å². The highest BCUT2D eigenvalue weighted by atomic mass is 19.1. The molecule has 1 unspecified atom stereocenters. The number of anilines is 1. The van der Waals surface area contributed by atoms with E-state index in [2.05, 4.69) is 11.2 Å². The van der Waals surface area contributed by atoms with Gasteiger partial charge in [-0.3, -0.25) is 0 Å². The Hall–Kier alpha value is -2.47. The molecule has 2 aromatic rings. The molecule has 1 N–H and O–H groups in total. The smallest absolute Gasteiger partial charge is 0.141 e. The highest BCUT2D eigenvalue weighted by Crippen LogP contribution is 2.27. The van der Waals surface area contributed by atoms with Gasteiger partial charge in [0.05, 0.1) is 12.8 Å². The Morgan fingerprint density at radius 3 is 2.47 bits per heavy atom. The molecule has 0 fully saturated rings. The predicted octanol–water partition coefficient (Wildman–Crippen LogP) is 3.62. The Morgan fingerprint density at radius 2 is 1.84 bits per heavy atom. The van der Waals surface area contributed by atoms with Crippen molar-refractivity contribution in [3.05, 3.63) is 59.9 Å². The van der Waals surface area contributed by atoms with Crippen LogP contribution in [0.25, 0.3) is 0 Å². The molecule has 2 nitrogen and oxygen atoms in total. The molecule has 1 atom stereocenters. The number of hydrogen-bond acceptors (Lipinski definition) is 2. The summed E-state index contributed by atoms with van der Waals surface area (Å²) >= 11 is 0. The normalized spacial score (nSPS) is 11.4. The van der Waals surface area contributed by atoms with Crippen LogP contribution in [0.4, 0.5) is 10.1 Å². The minimum absolute atomic E-state index is 0.281. The lowest BCUT2D eigenvalue weighted by Crippen LogP contribution is -2.09. The molecule has 19 heavy (non-hydrogen) atoms. The van der Waals surface area contributed by atoms with E-state index in [1.165, 1.54) is 12.1 Å². The number of terminal acetylenes is 1. The van der Waals surface area contributed by atoms with Crippen molar-refractivity contribution < 1.29 is 9.13 Å². The van der Waals surface area contributed by atoms with Gasteiger partial charge in [0.25, 0.3) is 0 Å². The summed E-state index contributed by atoms with van der Waals surface area (Å²) in [5.74, 6) is 3.08. The molecule has 0 saturated heterocycles. The molecular formula is C16H14FNO. The van der Waals surface area contributed by atoms with Gasteiger partial charge in [-0.15, -0.1) is 6.42 Å². The van der Waals surface area contributed by atoms with E-state index in [1.54, 1.807) is 19.2 Å². The maximum atomic E-state index is 12.9. The topological polar surface area (TPSA) is 21.3 Å². The van der Waals surface area contributed by atoms with E-state index in [9.17, 15) is 4.39 Å². The third kappa shape index (κ3) is 3.05. The second-order valence-corrected chi connectivity index (χ2v) is 4.00. The molecule has 0 aliphatic carbocycles. The molecule has 0 aliphatic rings. The van der Waals surface area contributed by atoms with Gasteiger partial charge >= 0.3 is 0 Å². The van der Waals surface area contributed by atoms with Crippen molar-refractivity contribution in [3.8, 4) is 18.1 Å². The van der Waals surface area contributed by atoms with Crippen molar-refractivity contribution in [2.45, 2.75) is 6.04 Å². The number of halogens is 1. The van der Waals surface area contributed by atoms with Crippen LogP contribution >= 0.6 is 0 Å². The fourth-order valence-corrected chi connectivity index (χ4v) is 1.80. The fourth-order valence-electron chi connectivity index (χ4n) is 1.80. The second-order valence-electron chi connectivity index (χ2n) is 4.00. The Morgan fingerprint density at radius 1 is 1.16 bits per heavy atom. The molecule has 96 valence electrons. The number of ether oxygens (including phenoxy) is 1. The predicted molar refractivity (Wildman–Crippen MR) is 74.6 cm³/mol. The molecule has 0 heterocycles. The molecule has 0 aliphatic heterocycles. The summed E-state index contributed by atoms with van der Waals surface area (Å²) in [6, 6.07) is 13.3. The molecule has 2 aromatic carbocycles. The van der Waals surface area contributed by atoms with Gasteiger partial charge in [0.2, 0.25) is 0 Å². The van der Waals surface area contributed by atoms with Crippen LogP contribution in [0.2, 0.25) is 0 Å². The van der Waals surface area contributed by atoms with Crippen LogP contribution in [0.15, 0.2) is 48.5 Å². The van der Waals surface area contributed by atoms with Crippen LogP contribution in [-0.4, -0.2) is 7.11 Å². The van der Waals surface area contributed by atoms with Crippen molar-refractivity contribution in [1.82, 2.24) is 0 Å². The number of rotatable bonds is 4. The summed E-state index contributed by atoms with van der Waals surface area (Å²) in [7, 11) is 1.60. The van der Waals surface area contributed by atoms with E-state index in [0.717, 1.165) is 11.3 Å². The number of nitrogens with one attached hydrogen (secondary N) is 1. The zero-order valence-corrected chi connectivity index (χ0v) is 10.6. The first-order valence-corrected chi connectivity index (χ1v) is 5.85. The Balaban J connectivity index is 2.24. The Kier molecular flexibility index (Phi) is 4.04. The van der Waals surface area contributed by atoms with Crippen molar-refractivity contribution in [1.29, 1.82) is 0 Å². The van der Waals surface area contributed by atoms with Crippen LogP contribution in [0.3, 0.4) is 0 Å². The monoisotopic (exact) mass is 255 g/mol. The third-order valence-corrected chi connectivity index (χ3v) is 2.78. The Bertz CT molecular complexity index is 586. The largest absolute Gasteiger partial charge is 0.495 e. The lowest BCUT2D eigenvalue weighted by Gasteiger charge is -2.17. The quantitative estimate of drug-likeness (QED) is 0.842. The zero-order valence-electron chi connectivity index (χ0n) is 10.6. The molecular weight excluding hydrogens is 241 g/mol. The van der Waals surface area contributed by atoms with Gasteiger partial charge in [0.1, 0.15) is 17.6 Å². The van der Waals surface area contributed by atoms with E-state index < -0.39 is 0 Å². The van der Waals surface area contributed by atoms with E-state index in [4.69, 9.17) is 11.2 Å². The summed E-state index contributed by atoms with van der Waals surface area (Å²) < 4.78 is 18.2. The first-order valence-electron chi connectivity index (χ1n) is 5.85. The third-order valence-electron chi connectivity index (χ3n) is 2.78. The molecule has 0 bridgehead atoms. The standard InChI is InChI=1S/C16H14FNO/c1-3-14(12-8-10-13(17)11-9-12)18-15-6-4-5-7-16(15)19-2/h1,4-11,14,18H,2H3. The summed E-state index contributed by atoms with van der Waals surface area (Å²) in [6.45, 7) is 0. The number of benzene rings is 2. The molecule has 0 aromatic heterocycles. The first-order chi connectivity index (χ1) is 9.24. The van der Waals surface area contributed by atoms with Crippen LogP contribution in [0.5, 0.6) is 5.75 Å². The minimum atomic E-state index is -0.336. The summed E-state index contributed by atoms with van der Waals surface area (Å²) in [4.78, 5) is 0. The molecule has 2 rings (SSSR count). The van der Waals surface area contributed by atoms with E-state index in [0.29, 0.717) is 5.75 Å². The maximum Gasteiger partial charge on any atom is 0.141 e.